The Balaban J connectivity index is 1.59. The molecule has 1 atom stereocenters. The van der Waals surface area contributed by atoms with Gasteiger partial charge in [0.05, 0.1) is 11.7 Å². The van der Waals surface area contributed by atoms with Gasteiger partial charge in [0.15, 0.2) is 0 Å². The van der Waals surface area contributed by atoms with E-state index in [0.29, 0.717) is 12.1 Å². The third kappa shape index (κ3) is 2.75. The van der Waals surface area contributed by atoms with E-state index in [0.717, 1.165) is 26.2 Å². The Kier molecular flexibility index (Phi) is 3.66. The van der Waals surface area contributed by atoms with Crippen molar-refractivity contribution in [3.63, 3.8) is 0 Å². The predicted octanol–water partition coefficient (Wildman–Crippen LogP) is 1.79. The summed E-state index contributed by atoms with van der Waals surface area (Å²) >= 11 is 0. The van der Waals surface area contributed by atoms with Crippen LogP contribution in [-0.4, -0.2) is 40.4 Å². The number of piperazine rings is 1. The molecule has 4 nitrogen and oxygen atoms in total. The maximum atomic E-state index is 4.77. The molecule has 0 aromatic carbocycles. The van der Waals surface area contributed by atoms with Gasteiger partial charge in [-0.05, 0) is 25.8 Å². The van der Waals surface area contributed by atoms with Crippen LogP contribution in [0.25, 0.3) is 0 Å². The summed E-state index contributed by atoms with van der Waals surface area (Å²) in [6.45, 7) is 6.64. The van der Waals surface area contributed by atoms with Gasteiger partial charge in [-0.1, -0.05) is 12.8 Å². The third-order valence-electron chi connectivity index (χ3n) is 4.20. The second-order valence-corrected chi connectivity index (χ2v) is 5.82. The highest BCUT2D eigenvalue weighted by Crippen LogP contribution is 2.28. The van der Waals surface area contributed by atoms with Gasteiger partial charge in [-0.2, -0.15) is 5.10 Å². The number of nitrogens with zero attached hydrogens (tertiary/aromatic N) is 3. The maximum absolute atomic E-state index is 4.77. The second kappa shape index (κ2) is 5.41. The minimum Gasteiger partial charge on any atom is -0.312 e. The molecule has 0 unspecified atom stereocenters. The van der Waals surface area contributed by atoms with Crippen molar-refractivity contribution in [1.82, 2.24) is 20.0 Å². The topological polar surface area (TPSA) is 33.1 Å². The molecule has 0 bridgehead atoms. The zero-order valence-electron chi connectivity index (χ0n) is 11.3. The molecule has 4 heteroatoms. The smallest absolute Gasteiger partial charge is 0.0764 e. The Labute approximate surface area is 109 Å². The summed E-state index contributed by atoms with van der Waals surface area (Å²) in [6.07, 6.45) is 7.54. The van der Waals surface area contributed by atoms with E-state index in [9.17, 15) is 0 Å². The highest BCUT2D eigenvalue weighted by Gasteiger charge is 2.19. The SMILES string of the molecule is C[C@@H]1CN(Cc2ccn(C3CCCC3)n2)CCN1. The average Bonchev–Trinajstić information content (AvgIpc) is 2.98. The van der Waals surface area contributed by atoms with Crippen molar-refractivity contribution in [2.24, 2.45) is 0 Å². The fourth-order valence-corrected chi connectivity index (χ4v) is 3.22. The lowest BCUT2D eigenvalue weighted by Gasteiger charge is -2.31. The van der Waals surface area contributed by atoms with Gasteiger partial charge in [0.1, 0.15) is 0 Å². The summed E-state index contributed by atoms with van der Waals surface area (Å²) in [7, 11) is 0. The van der Waals surface area contributed by atoms with Crippen molar-refractivity contribution >= 4 is 0 Å². The van der Waals surface area contributed by atoms with Gasteiger partial charge in [0.2, 0.25) is 0 Å². The van der Waals surface area contributed by atoms with Crippen LogP contribution in [0.1, 0.15) is 44.3 Å². The Morgan fingerprint density at radius 2 is 2.22 bits per heavy atom. The quantitative estimate of drug-likeness (QED) is 0.885. The molecule has 0 radical (unpaired) electrons. The standard InChI is InChI=1S/C14H24N4/c1-12-10-17(9-7-15-12)11-13-6-8-18(16-13)14-4-2-3-5-14/h6,8,12,14-15H,2-5,7,9-11H2,1H3/t12-/m1/s1. The lowest BCUT2D eigenvalue weighted by molar-refractivity contribution is 0.197. The molecule has 3 rings (SSSR count). The van der Waals surface area contributed by atoms with Gasteiger partial charge < -0.3 is 5.32 Å². The zero-order chi connectivity index (χ0) is 12.4. The monoisotopic (exact) mass is 248 g/mol. The molecule has 2 fully saturated rings. The summed E-state index contributed by atoms with van der Waals surface area (Å²) in [5, 5.41) is 8.25. The first-order valence-corrected chi connectivity index (χ1v) is 7.31. The van der Waals surface area contributed by atoms with Gasteiger partial charge in [0, 0.05) is 38.4 Å². The van der Waals surface area contributed by atoms with Crippen LogP contribution in [0.2, 0.25) is 0 Å². The average molecular weight is 248 g/mol. The molecular weight excluding hydrogens is 224 g/mol. The minimum atomic E-state index is 0.607. The summed E-state index contributed by atoms with van der Waals surface area (Å²) in [5.74, 6) is 0. The van der Waals surface area contributed by atoms with Crippen LogP contribution >= 0.6 is 0 Å². The van der Waals surface area contributed by atoms with Crippen molar-refractivity contribution < 1.29 is 0 Å². The molecular formula is C14H24N4. The molecule has 1 N–H and O–H groups in total. The highest BCUT2D eigenvalue weighted by molar-refractivity contribution is 5.00. The maximum Gasteiger partial charge on any atom is 0.0764 e. The normalized spacial score (nSPS) is 26.8. The molecule has 2 heterocycles. The first-order valence-electron chi connectivity index (χ1n) is 7.31. The molecule has 18 heavy (non-hydrogen) atoms. The molecule has 1 aliphatic carbocycles. The Morgan fingerprint density at radius 1 is 1.39 bits per heavy atom. The van der Waals surface area contributed by atoms with Crippen LogP contribution in [-0.2, 0) is 6.54 Å². The van der Waals surface area contributed by atoms with Crippen LogP contribution in [0.4, 0.5) is 0 Å². The van der Waals surface area contributed by atoms with E-state index in [1.54, 1.807) is 0 Å². The van der Waals surface area contributed by atoms with E-state index in [-0.39, 0.29) is 0 Å². The first kappa shape index (κ1) is 12.2. The molecule has 2 aliphatic rings. The number of nitrogens with one attached hydrogen (secondary N) is 1. The Morgan fingerprint density at radius 3 is 3.00 bits per heavy atom. The van der Waals surface area contributed by atoms with Gasteiger partial charge in [0.25, 0.3) is 0 Å². The minimum absolute atomic E-state index is 0.607. The molecule has 1 aromatic rings. The molecule has 1 aliphatic heterocycles. The number of aromatic nitrogens is 2. The van der Waals surface area contributed by atoms with Crippen molar-refractivity contribution in [2.75, 3.05) is 19.6 Å². The van der Waals surface area contributed by atoms with Crippen LogP contribution in [0, 0.1) is 0 Å². The van der Waals surface area contributed by atoms with Crippen LogP contribution in [0.3, 0.4) is 0 Å². The fourth-order valence-electron chi connectivity index (χ4n) is 3.22. The summed E-state index contributed by atoms with van der Waals surface area (Å²) < 4.78 is 2.20. The number of hydrogen-bond donors (Lipinski definition) is 1. The van der Waals surface area contributed by atoms with Crippen molar-refractivity contribution in [3.05, 3.63) is 18.0 Å². The largest absolute Gasteiger partial charge is 0.312 e. The third-order valence-corrected chi connectivity index (χ3v) is 4.20. The second-order valence-electron chi connectivity index (χ2n) is 5.82. The molecule has 0 amide bonds. The van der Waals surface area contributed by atoms with E-state index < -0.39 is 0 Å². The van der Waals surface area contributed by atoms with Gasteiger partial charge >= 0.3 is 0 Å². The lowest BCUT2D eigenvalue weighted by atomic mass is 10.2. The zero-order valence-corrected chi connectivity index (χ0v) is 11.3. The summed E-state index contributed by atoms with van der Waals surface area (Å²) in [4.78, 5) is 2.50. The van der Waals surface area contributed by atoms with Gasteiger partial charge in [-0.25, -0.2) is 0 Å². The highest BCUT2D eigenvalue weighted by atomic mass is 15.3. The van der Waals surface area contributed by atoms with Crippen LogP contribution < -0.4 is 5.32 Å². The molecule has 1 aromatic heterocycles. The lowest BCUT2D eigenvalue weighted by Crippen LogP contribution is -2.48. The van der Waals surface area contributed by atoms with Crippen LogP contribution in [0.5, 0.6) is 0 Å². The van der Waals surface area contributed by atoms with E-state index in [4.69, 9.17) is 5.10 Å². The van der Waals surface area contributed by atoms with Crippen molar-refractivity contribution in [2.45, 2.75) is 51.2 Å². The van der Waals surface area contributed by atoms with Gasteiger partial charge in [-0.15, -0.1) is 0 Å². The molecule has 0 spiro atoms. The number of hydrogen-bond acceptors (Lipinski definition) is 3. The summed E-state index contributed by atoms with van der Waals surface area (Å²) in [6, 6.07) is 3.47. The number of rotatable bonds is 3. The first-order chi connectivity index (χ1) is 8.81. The Bertz CT molecular complexity index is 381. The predicted molar refractivity (Wildman–Crippen MR) is 72.5 cm³/mol. The van der Waals surface area contributed by atoms with E-state index in [2.05, 4.69) is 34.1 Å². The van der Waals surface area contributed by atoms with Gasteiger partial charge in [-0.3, -0.25) is 9.58 Å². The van der Waals surface area contributed by atoms with Crippen molar-refractivity contribution in [1.29, 1.82) is 0 Å². The molecule has 1 saturated heterocycles. The Hall–Kier alpha value is -0.870. The van der Waals surface area contributed by atoms with Crippen molar-refractivity contribution in [3.8, 4) is 0 Å². The van der Waals surface area contributed by atoms with E-state index >= 15 is 0 Å². The molecule has 1 saturated carbocycles. The summed E-state index contributed by atoms with van der Waals surface area (Å²) in [5.41, 5.74) is 1.23. The molecule has 100 valence electrons. The fraction of sp³-hybridized carbons (Fsp3) is 0.786. The van der Waals surface area contributed by atoms with E-state index in [1.165, 1.54) is 31.4 Å². The van der Waals surface area contributed by atoms with E-state index in [1.807, 2.05) is 0 Å². The van der Waals surface area contributed by atoms with Crippen LogP contribution in [0.15, 0.2) is 12.3 Å².